The molecule has 0 heterocycles. The summed E-state index contributed by atoms with van der Waals surface area (Å²) < 4.78 is 15.6. The third kappa shape index (κ3) is 18.4. The zero-order valence-electron chi connectivity index (χ0n) is 18.6. The highest BCUT2D eigenvalue weighted by Gasteiger charge is 2.28. The molecule has 0 bridgehead atoms. The predicted molar refractivity (Wildman–Crippen MR) is 115 cm³/mol. The van der Waals surface area contributed by atoms with E-state index in [-0.39, 0.29) is 16.1 Å². The van der Waals surface area contributed by atoms with E-state index < -0.39 is 11.7 Å². The van der Waals surface area contributed by atoms with Crippen molar-refractivity contribution in [1.82, 2.24) is 10.6 Å². The Bertz CT molecular complexity index is 470. The third-order valence-corrected chi connectivity index (χ3v) is 3.62. The minimum absolute atomic E-state index is 0.0187. The van der Waals surface area contributed by atoms with E-state index in [0.717, 1.165) is 6.42 Å². The SMILES string of the molecule is CC(C)(C)CC(C)(S)CC(=O)NCCOCCOCCNC(=O)OC(C)(C)C. The topological polar surface area (TPSA) is 85.9 Å². The molecule has 0 aliphatic heterocycles. The van der Waals surface area contributed by atoms with Crippen LogP contribution in [0.2, 0.25) is 0 Å². The molecule has 0 aliphatic rings. The molecule has 0 saturated heterocycles. The summed E-state index contributed by atoms with van der Waals surface area (Å²) in [5, 5.41) is 5.47. The molecule has 0 aromatic rings. The van der Waals surface area contributed by atoms with Gasteiger partial charge in [-0.15, -0.1) is 0 Å². The van der Waals surface area contributed by atoms with Crippen LogP contribution in [0.1, 0.15) is 61.3 Å². The van der Waals surface area contributed by atoms with Crippen LogP contribution in [0.25, 0.3) is 0 Å². The number of ether oxygens (including phenoxy) is 3. The van der Waals surface area contributed by atoms with Crippen molar-refractivity contribution in [3.63, 3.8) is 0 Å². The maximum Gasteiger partial charge on any atom is 0.407 e. The third-order valence-electron chi connectivity index (χ3n) is 3.31. The largest absolute Gasteiger partial charge is 0.444 e. The van der Waals surface area contributed by atoms with Crippen molar-refractivity contribution < 1.29 is 23.8 Å². The lowest BCUT2D eigenvalue weighted by Crippen LogP contribution is -2.35. The van der Waals surface area contributed by atoms with Crippen LogP contribution in [0.15, 0.2) is 0 Å². The van der Waals surface area contributed by atoms with E-state index in [0.29, 0.717) is 45.9 Å². The maximum atomic E-state index is 12.0. The van der Waals surface area contributed by atoms with E-state index in [1.54, 1.807) is 0 Å². The summed E-state index contributed by atoms with van der Waals surface area (Å²) in [6.07, 6.45) is 0.775. The number of rotatable bonds is 12. The Morgan fingerprint density at radius 3 is 1.79 bits per heavy atom. The van der Waals surface area contributed by atoms with E-state index in [1.807, 2.05) is 27.7 Å². The number of alkyl carbamates (subject to hydrolysis) is 1. The zero-order valence-corrected chi connectivity index (χ0v) is 19.5. The lowest BCUT2D eigenvalue weighted by Gasteiger charge is -2.31. The Morgan fingerprint density at radius 1 is 0.821 bits per heavy atom. The molecule has 7 nitrogen and oxygen atoms in total. The molecule has 2 N–H and O–H groups in total. The first-order valence-corrected chi connectivity index (χ1v) is 10.3. The van der Waals surface area contributed by atoms with E-state index >= 15 is 0 Å². The highest BCUT2D eigenvalue weighted by Crippen LogP contribution is 2.33. The lowest BCUT2D eigenvalue weighted by molar-refractivity contribution is -0.121. The molecule has 8 heteroatoms. The number of carbonyl (C=O) groups is 2. The van der Waals surface area contributed by atoms with Gasteiger partial charge in [-0.1, -0.05) is 27.7 Å². The van der Waals surface area contributed by atoms with Crippen molar-refractivity contribution in [2.24, 2.45) is 5.41 Å². The van der Waals surface area contributed by atoms with Gasteiger partial charge < -0.3 is 24.8 Å². The Balaban J connectivity index is 3.60. The van der Waals surface area contributed by atoms with Gasteiger partial charge in [0.15, 0.2) is 0 Å². The fourth-order valence-electron chi connectivity index (χ4n) is 2.74. The lowest BCUT2D eigenvalue weighted by atomic mass is 9.83. The summed E-state index contributed by atoms with van der Waals surface area (Å²) in [5.41, 5.74) is -0.380. The number of amides is 2. The molecule has 0 radical (unpaired) electrons. The maximum absolute atomic E-state index is 12.0. The first-order valence-electron chi connectivity index (χ1n) is 9.82. The van der Waals surface area contributed by atoms with Gasteiger partial charge in [0.05, 0.1) is 26.4 Å². The molecule has 0 saturated carbocycles. The number of thiol groups is 1. The molecule has 0 rings (SSSR count). The number of hydrogen-bond acceptors (Lipinski definition) is 6. The van der Waals surface area contributed by atoms with E-state index in [2.05, 4.69) is 44.0 Å². The van der Waals surface area contributed by atoms with E-state index in [9.17, 15) is 9.59 Å². The average Bonchev–Trinajstić information content (AvgIpc) is 2.44. The number of carbonyl (C=O) groups excluding carboxylic acids is 2. The van der Waals surface area contributed by atoms with E-state index in [1.165, 1.54) is 0 Å². The molecule has 1 atom stereocenters. The van der Waals surface area contributed by atoms with E-state index in [4.69, 9.17) is 14.2 Å². The predicted octanol–water partition coefficient (Wildman–Crippen LogP) is 3.18. The van der Waals surface area contributed by atoms with Crippen molar-refractivity contribution in [1.29, 1.82) is 0 Å². The van der Waals surface area contributed by atoms with Gasteiger partial charge in [0, 0.05) is 24.3 Å². The van der Waals surface area contributed by atoms with Crippen LogP contribution in [-0.2, 0) is 19.0 Å². The molecule has 0 aliphatic carbocycles. The first-order chi connectivity index (χ1) is 12.7. The summed E-state index contributed by atoms with van der Waals surface area (Å²) in [6, 6.07) is 0. The summed E-state index contributed by atoms with van der Waals surface area (Å²) >= 11 is 4.63. The van der Waals surface area contributed by atoms with Crippen molar-refractivity contribution in [2.75, 3.05) is 39.5 Å². The quantitative estimate of drug-likeness (QED) is 0.333. The first kappa shape index (κ1) is 27.0. The molecular weight excluding hydrogens is 380 g/mol. The van der Waals surface area contributed by atoms with Crippen LogP contribution in [0.4, 0.5) is 4.79 Å². The van der Waals surface area contributed by atoms with Crippen LogP contribution in [0.5, 0.6) is 0 Å². The molecule has 0 fully saturated rings. The minimum atomic E-state index is -0.508. The Morgan fingerprint density at radius 2 is 1.32 bits per heavy atom. The van der Waals surface area contributed by atoms with Gasteiger partial charge in [0.25, 0.3) is 0 Å². The molecule has 0 aromatic carbocycles. The molecular formula is C20H40N2O5S. The summed E-state index contributed by atoms with van der Waals surface area (Å²) in [7, 11) is 0. The van der Waals surface area contributed by atoms with Gasteiger partial charge in [-0.05, 0) is 32.6 Å². The Kier molecular flexibility index (Phi) is 12.1. The van der Waals surface area contributed by atoms with Gasteiger partial charge in [0.2, 0.25) is 5.91 Å². The second-order valence-electron chi connectivity index (χ2n) is 9.41. The van der Waals surface area contributed by atoms with Crippen molar-refractivity contribution in [2.45, 2.75) is 71.7 Å². The van der Waals surface area contributed by atoms with Crippen LogP contribution in [0.3, 0.4) is 0 Å². The number of hydrogen-bond donors (Lipinski definition) is 3. The zero-order chi connectivity index (χ0) is 21.8. The molecule has 0 spiro atoms. The van der Waals surface area contributed by atoms with Crippen molar-refractivity contribution in [3.05, 3.63) is 0 Å². The minimum Gasteiger partial charge on any atom is -0.444 e. The van der Waals surface area contributed by atoms with Crippen LogP contribution in [0, 0.1) is 5.41 Å². The van der Waals surface area contributed by atoms with Gasteiger partial charge in [-0.25, -0.2) is 4.79 Å². The summed E-state index contributed by atoms with van der Waals surface area (Å²) in [4.78, 5) is 23.4. The summed E-state index contributed by atoms with van der Waals surface area (Å²) in [6.45, 7) is 16.3. The van der Waals surface area contributed by atoms with Crippen molar-refractivity contribution >= 4 is 24.6 Å². The fraction of sp³-hybridized carbons (Fsp3) is 0.900. The van der Waals surface area contributed by atoms with Crippen molar-refractivity contribution in [3.8, 4) is 0 Å². The molecule has 166 valence electrons. The molecule has 2 amide bonds. The van der Waals surface area contributed by atoms with Gasteiger partial charge in [0.1, 0.15) is 5.60 Å². The monoisotopic (exact) mass is 420 g/mol. The second-order valence-corrected chi connectivity index (χ2v) is 10.5. The average molecular weight is 421 g/mol. The Labute approximate surface area is 176 Å². The van der Waals surface area contributed by atoms with Gasteiger partial charge >= 0.3 is 6.09 Å². The van der Waals surface area contributed by atoms with Crippen LogP contribution < -0.4 is 10.6 Å². The summed E-state index contributed by atoms with van der Waals surface area (Å²) in [5.74, 6) is -0.0187. The fourth-order valence-corrected chi connectivity index (χ4v) is 3.36. The second kappa shape index (κ2) is 12.5. The Hall–Kier alpha value is -0.990. The molecule has 0 aromatic heterocycles. The normalized spacial score (nSPS) is 14.3. The standard InChI is InChI=1S/C20H40N2O5S/c1-18(2,3)15-20(7,28)14-16(23)21-8-10-25-12-13-26-11-9-22-17(24)27-19(4,5)6/h28H,8-15H2,1-7H3,(H,21,23)(H,22,24). The molecule has 1 unspecified atom stereocenters. The van der Waals surface area contributed by atoms with Gasteiger partial charge in [-0.2, -0.15) is 12.6 Å². The smallest absolute Gasteiger partial charge is 0.407 e. The van der Waals surface area contributed by atoms with Gasteiger partial charge in [-0.3, -0.25) is 4.79 Å². The number of nitrogens with one attached hydrogen (secondary N) is 2. The van der Waals surface area contributed by atoms with Crippen LogP contribution >= 0.6 is 12.6 Å². The molecule has 28 heavy (non-hydrogen) atoms. The van der Waals surface area contributed by atoms with Crippen LogP contribution in [-0.4, -0.2) is 61.9 Å². The highest BCUT2D eigenvalue weighted by atomic mass is 32.1. The highest BCUT2D eigenvalue weighted by molar-refractivity contribution is 7.81.